The molecular formula is C18H28ClNO. The molecule has 2 nitrogen and oxygen atoms in total. The first kappa shape index (κ1) is 18.0. The van der Waals surface area contributed by atoms with E-state index < -0.39 is 0 Å². The molecule has 0 spiro atoms. The van der Waals surface area contributed by atoms with Crippen molar-refractivity contribution in [2.75, 3.05) is 5.32 Å². The number of carbonyl (C=O) groups excluding carboxylic acids is 1. The molecule has 1 aromatic rings. The van der Waals surface area contributed by atoms with Crippen LogP contribution in [0, 0.1) is 6.92 Å². The molecule has 1 amide bonds. The third kappa shape index (κ3) is 5.03. The quantitative estimate of drug-likeness (QED) is 0.657. The Bertz CT molecular complexity index is 483. The summed E-state index contributed by atoms with van der Waals surface area (Å²) >= 11 is 6.55. The lowest BCUT2D eigenvalue weighted by atomic mass is 9.96. The molecule has 0 atom stereocenters. The van der Waals surface area contributed by atoms with Crippen LogP contribution in [-0.4, -0.2) is 5.91 Å². The second-order valence-electron chi connectivity index (χ2n) is 5.65. The van der Waals surface area contributed by atoms with Gasteiger partial charge in [-0.15, -0.1) is 0 Å². The molecule has 21 heavy (non-hydrogen) atoms. The van der Waals surface area contributed by atoms with E-state index in [-0.39, 0.29) is 5.91 Å². The molecule has 1 aromatic carbocycles. The van der Waals surface area contributed by atoms with E-state index in [2.05, 4.69) is 32.2 Å². The van der Waals surface area contributed by atoms with Crippen LogP contribution < -0.4 is 5.32 Å². The highest BCUT2D eigenvalue weighted by Gasteiger charge is 2.14. The number of hydrogen-bond acceptors (Lipinski definition) is 1. The number of unbranched alkanes of at least 4 members (excludes halogenated alkanes) is 1. The van der Waals surface area contributed by atoms with E-state index in [4.69, 9.17) is 11.6 Å². The Morgan fingerprint density at radius 1 is 1.14 bits per heavy atom. The Labute approximate surface area is 134 Å². The smallest absolute Gasteiger partial charge is 0.224 e. The fourth-order valence-corrected chi connectivity index (χ4v) is 2.87. The molecule has 0 fully saturated rings. The highest BCUT2D eigenvalue weighted by Crippen LogP contribution is 2.32. The minimum atomic E-state index is 0.0849. The molecule has 3 heteroatoms. The van der Waals surface area contributed by atoms with E-state index in [1.54, 1.807) is 0 Å². The minimum absolute atomic E-state index is 0.0849. The molecule has 118 valence electrons. The molecule has 0 aliphatic rings. The van der Waals surface area contributed by atoms with E-state index in [0.29, 0.717) is 6.42 Å². The number of amides is 1. The largest absolute Gasteiger partial charge is 0.326 e. The van der Waals surface area contributed by atoms with Crippen molar-refractivity contribution in [3.8, 4) is 0 Å². The number of carbonyl (C=O) groups is 1. The van der Waals surface area contributed by atoms with Gasteiger partial charge in [0.2, 0.25) is 5.91 Å². The van der Waals surface area contributed by atoms with E-state index in [9.17, 15) is 4.79 Å². The van der Waals surface area contributed by atoms with Gasteiger partial charge in [-0.1, -0.05) is 51.6 Å². The van der Waals surface area contributed by atoms with Crippen LogP contribution in [0.15, 0.2) is 6.07 Å². The second-order valence-corrected chi connectivity index (χ2v) is 6.03. The van der Waals surface area contributed by atoms with Crippen LogP contribution in [0.3, 0.4) is 0 Å². The van der Waals surface area contributed by atoms with E-state index in [0.717, 1.165) is 54.8 Å². The zero-order valence-electron chi connectivity index (χ0n) is 13.8. The molecule has 0 saturated carbocycles. The highest BCUT2D eigenvalue weighted by atomic mass is 35.5. The molecule has 0 aromatic heterocycles. The maximum Gasteiger partial charge on any atom is 0.224 e. The molecule has 0 unspecified atom stereocenters. The lowest BCUT2D eigenvalue weighted by Crippen LogP contribution is -2.13. The summed E-state index contributed by atoms with van der Waals surface area (Å²) in [6.07, 6.45) is 6.70. The van der Waals surface area contributed by atoms with Crippen molar-refractivity contribution in [2.45, 2.75) is 72.6 Å². The standard InChI is InChI=1S/C18H28ClNO/c1-5-8-11-17(21)20-16-12-14(9-6-2)15(10-7-3)18(19)13(16)4/h12H,5-11H2,1-4H3,(H,20,21). The third-order valence-electron chi connectivity index (χ3n) is 3.76. The molecule has 1 rings (SSSR count). The van der Waals surface area contributed by atoms with Crippen molar-refractivity contribution in [1.29, 1.82) is 0 Å². The molecule has 0 bridgehead atoms. The lowest BCUT2D eigenvalue weighted by Gasteiger charge is -2.17. The van der Waals surface area contributed by atoms with Gasteiger partial charge < -0.3 is 5.32 Å². The maximum atomic E-state index is 12.0. The third-order valence-corrected chi connectivity index (χ3v) is 4.27. The Balaban J connectivity index is 3.07. The maximum absolute atomic E-state index is 12.0. The molecule has 1 N–H and O–H groups in total. The fraction of sp³-hybridized carbons (Fsp3) is 0.611. The molecule has 0 saturated heterocycles. The summed E-state index contributed by atoms with van der Waals surface area (Å²) in [4.78, 5) is 12.0. The molecule has 0 aliphatic carbocycles. The number of rotatable bonds is 8. The van der Waals surface area contributed by atoms with Gasteiger partial charge in [-0.05, 0) is 48.9 Å². The van der Waals surface area contributed by atoms with Crippen molar-refractivity contribution in [1.82, 2.24) is 0 Å². The number of nitrogens with one attached hydrogen (secondary N) is 1. The number of benzene rings is 1. The van der Waals surface area contributed by atoms with Gasteiger partial charge in [0.05, 0.1) is 0 Å². The van der Waals surface area contributed by atoms with Crippen LogP contribution in [0.1, 0.15) is 69.6 Å². The highest BCUT2D eigenvalue weighted by molar-refractivity contribution is 6.32. The van der Waals surface area contributed by atoms with Crippen LogP contribution in [0.2, 0.25) is 5.02 Å². The van der Waals surface area contributed by atoms with Crippen LogP contribution >= 0.6 is 11.6 Å². The van der Waals surface area contributed by atoms with E-state index in [1.807, 2.05) is 6.92 Å². The Hall–Kier alpha value is -1.02. The van der Waals surface area contributed by atoms with E-state index >= 15 is 0 Å². The summed E-state index contributed by atoms with van der Waals surface area (Å²) < 4.78 is 0. The SMILES string of the molecule is CCCCC(=O)Nc1cc(CCC)c(CCC)c(Cl)c1C. The van der Waals surface area contributed by atoms with Crippen LogP contribution in [-0.2, 0) is 17.6 Å². The van der Waals surface area contributed by atoms with Crippen molar-refractivity contribution in [3.05, 3.63) is 27.8 Å². The molecule has 0 heterocycles. The average Bonchev–Trinajstić information content (AvgIpc) is 2.46. The first-order valence-corrected chi connectivity index (χ1v) is 8.53. The van der Waals surface area contributed by atoms with Gasteiger partial charge in [-0.3, -0.25) is 4.79 Å². The van der Waals surface area contributed by atoms with Crippen LogP contribution in [0.4, 0.5) is 5.69 Å². The number of anilines is 1. The Kier molecular flexibility index (Phi) is 7.81. The second kappa shape index (κ2) is 9.09. The van der Waals surface area contributed by atoms with Gasteiger partial charge in [0.15, 0.2) is 0 Å². The summed E-state index contributed by atoms with van der Waals surface area (Å²) in [5.41, 5.74) is 4.40. The first-order chi connectivity index (χ1) is 10.0. The van der Waals surface area contributed by atoms with Crippen molar-refractivity contribution < 1.29 is 4.79 Å². The summed E-state index contributed by atoms with van der Waals surface area (Å²) in [5.74, 6) is 0.0849. The van der Waals surface area contributed by atoms with Crippen molar-refractivity contribution in [2.24, 2.45) is 0 Å². The Morgan fingerprint density at radius 3 is 2.38 bits per heavy atom. The Morgan fingerprint density at radius 2 is 1.81 bits per heavy atom. The predicted molar refractivity (Wildman–Crippen MR) is 92.3 cm³/mol. The van der Waals surface area contributed by atoms with Crippen molar-refractivity contribution in [3.63, 3.8) is 0 Å². The summed E-state index contributed by atoms with van der Waals surface area (Å²) in [6.45, 7) is 8.42. The molecular weight excluding hydrogens is 282 g/mol. The topological polar surface area (TPSA) is 29.1 Å². The minimum Gasteiger partial charge on any atom is -0.326 e. The van der Waals surface area contributed by atoms with Gasteiger partial charge in [-0.2, -0.15) is 0 Å². The van der Waals surface area contributed by atoms with Gasteiger partial charge in [-0.25, -0.2) is 0 Å². The van der Waals surface area contributed by atoms with Gasteiger partial charge in [0, 0.05) is 17.1 Å². The summed E-state index contributed by atoms with van der Waals surface area (Å²) in [7, 11) is 0. The monoisotopic (exact) mass is 309 g/mol. The van der Waals surface area contributed by atoms with Crippen LogP contribution in [0.5, 0.6) is 0 Å². The van der Waals surface area contributed by atoms with Gasteiger partial charge >= 0.3 is 0 Å². The summed E-state index contributed by atoms with van der Waals surface area (Å²) in [6, 6.07) is 2.12. The van der Waals surface area contributed by atoms with Gasteiger partial charge in [0.25, 0.3) is 0 Å². The average molecular weight is 310 g/mol. The van der Waals surface area contributed by atoms with Crippen LogP contribution in [0.25, 0.3) is 0 Å². The van der Waals surface area contributed by atoms with Gasteiger partial charge in [0.1, 0.15) is 0 Å². The summed E-state index contributed by atoms with van der Waals surface area (Å²) in [5, 5.41) is 3.86. The fourth-order valence-electron chi connectivity index (χ4n) is 2.55. The van der Waals surface area contributed by atoms with E-state index in [1.165, 1.54) is 11.1 Å². The number of halogens is 1. The molecule has 0 aliphatic heterocycles. The first-order valence-electron chi connectivity index (χ1n) is 8.15. The normalized spacial score (nSPS) is 10.7. The zero-order valence-corrected chi connectivity index (χ0v) is 14.6. The predicted octanol–water partition coefficient (Wildman–Crippen LogP) is 5.68. The van der Waals surface area contributed by atoms with Crippen molar-refractivity contribution >= 4 is 23.2 Å². The number of aryl methyl sites for hydroxylation is 1. The number of hydrogen-bond donors (Lipinski definition) is 1. The molecule has 0 radical (unpaired) electrons. The lowest BCUT2D eigenvalue weighted by molar-refractivity contribution is -0.116. The zero-order chi connectivity index (χ0) is 15.8.